The van der Waals surface area contributed by atoms with Gasteiger partial charge < -0.3 is 19.7 Å². The molecule has 1 aliphatic carbocycles. The second-order valence-corrected chi connectivity index (χ2v) is 3.64. The highest BCUT2D eigenvalue weighted by Gasteiger charge is 2.54. The van der Waals surface area contributed by atoms with Crippen LogP contribution in [0.1, 0.15) is 19.3 Å². The third-order valence-corrected chi connectivity index (χ3v) is 2.83. The van der Waals surface area contributed by atoms with Crippen LogP contribution in [0.15, 0.2) is 0 Å². The van der Waals surface area contributed by atoms with Gasteiger partial charge in [-0.25, -0.2) is 0 Å². The Balaban J connectivity index is 2.11. The molecule has 2 fully saturated rings. The van der Waals surface area contributed by atoms with Crippen LogP contribution in [-0.2, 0) is 9.47 Å². The van der Waals surface area contributed by atoms with Crippen molar-refractivity contribution >= 4 is 0 Å². The number of aliphatic hydroxyl groups is 2. The Morgan fingerprint density at radius 2 is 2.33 bits per heavy atom. The average molecular weight is 174 g/mol. The zero-order chi connectivity index (χ0) is 8.77. The van der Waals surface area contributed by atoms with Crippen LogP contribution in [0.25, 0.3) is 0 Å². The zero-order valence-electron chi connectivity index (χ0n) is 7.06. The molecular formula is C8H14O4. The second-order valence-electron chi connectivity index (χ2n) is 3.64. The first-order chi connectivity index (χ1) is 5.65. The van der Waals surface area contributed by atoms with Crippen LogP contribution in [0, 0.1) is 0 Å². The fraction of sp³-hybridized carbons (Fsp3) is 1.00. The third-order valence-electron chi connectivity index (χ3n) is 2.83. The number of methoxy groups -OCH3 is 1. The molecule has 0 aromatic rings. The van der Waals surface area contributed by atoms with Gasteiger partial charge in [-0.2, -0.15) is 0 Å². The molecule has 2 N–H and O–H groups in total. The highest BCUT2D eigenvalue weighted by molar-refractivity contribution is 5.03. The lowest BCUT2D eigenvalue weighted by atomic mass is 9.98. The molecule has 1 saturated carbocycles. The van der Waals surface area contributed by atoms with Gasteiger partial charge >= 0.3 is 0 Å². The average Bonchev–Trinajstić information content (AvgIpc) is 2.50. The number of fused-ring (bicyclic) bond motifs is 1. The normalized spacial score (nSPS) is 52.8. The van der Waals surface area contributed by atoms with E-state index in [1.54, 1.807) is 7.11 Å². The second kappa shape index (κ2) is 2.67. The molecule has 0 aromatic heterocycles. The standard InChI is InChI=1S/C8H14O4/c1-11-6-4-8(10)3-2-5(9)7(8)12-6/h5-7,9-10H,2-4H2,1H3/t5?,6?,7-,8+/m1/s1. The van der Waals surface area contributed by atoms with E-state index in [-0.39, 0.29) is 6.29 Å². The Kier molecular flexibility index (Phi) is 1.88. The summed E-state index contributed by atoms with van der Waals surface area (Å²) in [5, 5.41) is 19.4. The van der Waals surface area contributed by atoms with Crippen LogP contribution in [0.4, 0.5) is 0 Å². The van der Waals surface area contributed by atoms with Crippen molar-refractivity contribution in [2.24, 2.45) is 0 Å². The van der Waals surface area contributed by atoms with Gasteiger partial charge in [-0.05, 0) is 12.8 Å². The van der Waals surface area contributed by atoms with Crippen molar-refractivity contribution in [2.45, 2.75) is 43.4 Å². The lowest BCUT2D eigenvalue weighted by Gasteiger charge is -2.20. The number of hydrogen-bond donors (Lipinski definition) is 2. The summed E-state index contributed by atoms with van der Waals surface area (Å²) in [5.74, 6) is 0. The number of ether oxygens (including phenoxy) is 2. The predicted molar refractivity (Wildman–Crippen MR) is 40.5 cm³/mol. The number of aliphatic hydroxyl groups excluding tert-OH is 1. The molecule has 4 heteroatoms. The molecule has 0 radical (unpaired) electrons. The summed E-state index contributed by atoms with van der Waals surface area (Å²) in [4.78, 5) is 0. The van der Waals surface area contributed by atoms with E-state index in [4.69, 9.17) is 9.47 Å². The molecular weight excluding hydrogens is 160 g/mol. The van der Waals surface area contributed by atoms with E-state index in [0.29, 0.717) is 19.3 Å². The molecule has 0 spiro atoms. The molecule has 12 heavy (non-hydrogen) atoms. The van der Waals surface area contributed by atoms with Gasteiger partial charge in [-0.15, -0.1) is 0 Å². The Hall–Kier alpha value is -0.160. The van der Waals surface area contributed by atoms with Crippen LogP contribution < -0.4 is 0 Å². The molecule has 2 unspecified atom stereocenters. The number of hydrogen-bond acceptors (Lipinski definition) is 4. The maximum absolute atomic E-state index is 9.94. The summed E-state index contributed by atoms with van der Waals surface area (Å²) in [6.07, 6.45) is 0.383. The fourth-order valence-electron chi connectivity index (χ4n) is 2.12. The maximum atomic E-state index is 9.94. The first-order valence-electron chi connectivity index (χ1n) is 4.24. The van der Waals surface area contributed by atoms with Crippen molar-refractivity contribution in [2.75, 3.05) is 7.11 Å². The van der Waals surface area contributed by atoms with E-state index in [0.717, 1.165) is 0 Å². The maximum Gasteiger partial charge on any atom is 0.160 e. The topological polar surface area (TPSA) is 58.9 Å². The SMILES string of the molecule is COC1C[C@@]2(O)CCC(O)[C@H]2O1. The van der Waals surface area contributed by atoms with Gasteiger partial charge in [0.15, 0.2) is 6.29 Å². The summed E-state index contributed by atoms with van der Waals surface area (Å²) < 4.78 is 10.3. The van der Waals surface area contributed by atoms with Gasteiger partial charge in [0, 0.05) is 13.5 Å². The Labute approximate surface area is 71.1 Å². The Morgan fingerprint density at radius 1 is 1.58 bits per heavy atom. The lowest BCUT2D eigenvalue weighted by molar-refractivity contribution is -0.142. The van der Waals surface area contributed by atoms with Crippen LogP contribution in [0.2, 0.25) is 0 Å². The van der Waals surface area contributed by atoms with Crippen LogP contribution in [0.5, 0.6) is 0 Å². The fourth-order valence-corrected chi connectivity index (χ4v) is 2.12. The van der Waals surface area contributed by atoms with Gasteiger partial charge in [-0.1, -0.05) is 0 Å². The van der Waals surface area contributed by atoms with Crippen LogP contribution in [-0.4, -0.2) is 41.4 Å². The van der Waals surface area contributed by atoms with E-state index < -0.39 is 17.8 Å². The van der Waals surface area contributed by atoms with E-state index in [1.165, 1.54) is 0 Å². The Bertz CT molecular complexity index is 184. The minimum Gasteiger partial charge on any atom is -0.390 e. The van der Waals surface area contributed by atoms with Crippen molar-refractivity contribution < 1.29 is 19.7 Å². The van der Waals surface area contributed by atoms with Crippen molar-refractivity contribution in [3.63, 3.8) is 0 Å². The predicted octanol–water partition coefficient (Wildman–Crippen LogP) is -0.366. The number of rotatable bonds is 1. The van der Waals surface area contributed by atoms with Gasteiger partial charge in [0.1, 0.15) is 6.10 Å². The first kappa shape index (κ1) is 8.44. The van der Waals surface area contributed by atoms with Crippen molar-refractivity contribution in [3.8, 4) is 0 Å². The molecule has 0 amide bonds. The molecule has 2 aliphatic rings. The summed E-state index contributed by atoms with van der Waals surface area (Å²) in [5.41, 5.74) is -0.847. The molecule has 2 rings (SSSR count). The molecule has 1 saturated heterocycles. The van der Waals surface area contributed by atoms with Crippen molar-refractivity contribution in [1.29, 1.82) is 0 Å². The van der Waals surface area contributed by atoms with E-state index in [1.807, 2.05) is 0 Å². The van der Waals surface area contributed by atoms with E-state index >= 15 is 0 Å². The molecule has 1 aliphatic heterocycles. The molecule has 4 nitrogen and oxygen atoms in total. The molecule has 4 atom stereocenters. The van der Waals surface area contributed by atoms with Crippen LogP contribution in [0.3, 0.4) is 0 Å². The highest BCUT2D eigenvalue weighted by atomic mass is 16.7. The van der Waals surface area contributed by atoms with E-state index in [9.17, 15) is 10.2 Å². The van der Waals surface area contributed by atoms with E-state index in [2.05, 4.69) is 0 Å². The first-order valence-corrected chi connectivity index (χ1v) is 4.24. The smallest absolute Gasteiger partial charge is 0.160 e. The van der Waals surface area contributed by atoms with Gasteiger partial charge in [0.2, 0.25) is 0 Å². The Morgan fingerprint density at radius 3 is 2.92 bits per heavy atom. The molecule has 70 valence electrons. The summed E-state index contributed by atoms with van der Waals surface area (Å²) in [6, 6.07) is 0. The zero-order valence-corrected chi connectivity index (χ0v) is 7.06. The lowest BCUT2D eigenvalue weighted by Crippen LogP contribution is -2.37. The van der Waals surface area contributed by atoms with Crippen LogP contribution >= 0.6 is 0 Å². The quantitative estimate of drug-likeness (QED) is 0.569. The minimum atomic E-state index is -0.847. The minimum absolute atomic E-state index is 0.352. The highest BCUT2D eigenvalue weighted by Crippen LogP contribution is 2.42. The molecule has 0 bridgehead atoms. The summed E-state index contributed by atoms with van der Waals surface area (Å²) >= 11 is 0. The largest absolute Gasteiger partial charge is 0.390 e. The van der Waals surface area contributed by atoms with Gasteiger partial charge in [-0.3, -0.25) is 0 Å². The molecule has 0 aromatic carbocycles. The summed E-state index contributed by atoms with van der Waals surface area (Å²) in [6.45, 7) is 0. The van der Waals surface area contributed by atoms with Crippen molar-refractivity contribution in [1.82, 2.24) is 0 Å². The monoisotopic (exact) mass is 174 g/mol. The van der Waals surface area contributed by atoms with Gasteiger partial charge in [0.05, 0.1) is 11.7 Å². The molecule has 1 heterocycles. The third kappa shape index (κ3) is 1.07. The van der Waals surface area contributed by atoms with Crippen molar-refractivity contribution in [3.05, 3.63) is 0 Å². The van der Waals surface area contributed by atoms with Gasteiger partial charge in [0.25, 0.3) is 0 Å². The summed E-state index contributed by atoms with van der Waals surface area (Å²) in [7, 11) is 1.54.